The fraction of sp³-hybridized carbons (Fsp3) is 0.417. The van der Waals surface area contributed by atoms with Crippen molar-refractivity contribution in [3.63, 3.8) is 0 Å². The van der Waals surface area contributed by atoms with Crippen LogP contribution in [0.25, 0.3) is 0 Å². The van der Waals surface area contributed by atoms with E-state index in [1.165, 1.54) is 5.56 Å². The van der Waals surface area contributed by atoms with E-state index in [-0.39, 0.29) is 5.91 Å². The summed E-state index contributed by atoms with van der Waals surface area (Å²) in [4.78, 5) is 10.5. The van der Waals surface area contributed by atoms with Crippen molar-refractivity contribution < 1.29 is 4.79 Å². The number of rotatable bonds is 7. The second-order valence-electron chi connectivity index (χ2n) is 3.59. The van der Waals surface area contributed by atoms with Crippen LogP contribution in [0.1, 0.15) is 24.8 Å². The van der Waals surface area contributed by atoms with Gasteiger partial charge in [-0.05, 0) is 24.9 Å². The molecule has 1 amide bonds. The van der Waals surface area contributed by atoms with Crippen LogP contribution < -0.4 is 11.1 Å². The number of carbonyl (C=O) groups is 1. The summed E-state index contributed by atoms with van der Waals surface area (Å²) in [6.45, 7) is 1.82. The molecule has 0 unspecified atom stereocenters. The molecule has 15 heavy (non-hydrogen) atoms. The van der Waals surface area contributed by atoms with Gasteiger partial charge >= 0.3 is 0 Å². The first kappa shape index (κ1) is 11.7. The number of unbranched alkanes of at least 4 members (excludes halogenated alkanes) is 1. The molecule has 0 aliphatic rings. The number of primary amides is 1. The fourth-order valence-electron chi connectivity index (χ4n) is 1.38. The predicted octanol–water partition coefficient (Wildman–Crippen LogP) is 1.43. The minimum Gasteiger partial charge on any atom is -0.370 e. The van der Waals surface area contributed by atoms with Crippen LogP contribution in [0.5, 0.6) is 0 Å². The van der Waals surface area contributed by atoms with Gasteiger partial charge in [0.15, 0.2) is 0 Å². The van der Waals surface area contributed by atoms with Crippen molar-refractivity contribution in [1.82, 2.24) is 5.32 Å². The third kappa shape index (κ3) is 5.86. The quantitative estimate of drug-likeness (QED) is 0.663. The van der Waals surface area contributed by atoms with E-state index in [0.29, 0.717) is 6.42 Å². The van der Waals surface area contributed by atoms with E-state index in [9.17, 15) is 4.79 Å². The lowest BCUT2D eigenvalue weighted by Gasteiger charge is -2.03. The Bertz CT molecular complexity index is 285. The smallest absolute Gasteiger partial charge is 0.217 e. The summed E-state index contributed by atoms with van der Waals surface area (Å²) < 4.78 is 0. The maximum absolute atomic E-state index is 10.5. The zero-order chi connectivity index (χ0) is 10.9. The Kier molecular flexibility index (Phi) is 5.48. The third-order valence-electron chi connectivity index (χ3n) is 2.20. The van der Waals surface area contributed by atoms with E-state index in [4.69, 9.17) is 5.73 Å². The highest BCUT2D eigenvalue weighted by molar-refractivity contribution is 5.73. The highest BCUT2D eigenvalue weighted by Gasteiger charge is 1.94. The van der Waals surface area contributed by atoms with Crippen molar-refractivity contribution in [3.05, 3.63) is 35.9 Å². The first-order chi connectivity index (χ1) is 7.29. The van der Waals surface area contributed by atoms with E-state index >= 15 is 0 Å². The van der Waals surface area contributed by atoms with Crippen molar-refractivity contribution >= 4 is 5.91 Å². The van der Waals surface area contributed by atoms with Gasteiger partial charge in [0, 0.05) is 13.0 Å². The molecule has 0 aromatic heterocycles. The maximum atomic E-state index is 10.5. The summed E-state index contributed by atoms with van der Waals surface area (Å²) in [6.07, 6.45) is 2.36. The Morgan fingerprint density at radius 3 is 2.60 bits per heavy atom. The Hall–Kier alpha value is -1.35. The lowest BCUT2D eigenvalue weighted by molar-refractivity contribution is -0.118. The van der Waals surface area contributed by atoms with Gasteiger partial charge in [-0.3, -0.25) is 4.79 Å². The van der Waals surface area contributed by atoms with Crippen molar-refractivity contribution in [2.75, 3.05) is 6.54 Å². The molecule has 0 atom stereocenters. The van der Waals surface area contributed by atoms with Crippen LogP contribution in [0, 0.1) is 0 Å². The van der Waals surface area contributed by atoms with Gasteiger partial charge in [-0.1, -0.05) is 30.3 Å². The molecule has 1 rings (SSSR count). The summed E-state index contributed by atoms with van der Waals surface area (Å²) in [5, 5.41) is 3.32. The second-order valence-corrected chi connectivity index (χ2v) is 3.59. The van der Waals surface area contributed by atoms with Crippen LogP contribution in [-0.2, 0) is 11.3 Å². The van der Waals surface area contributed by atoms with Crippen molar-refractivity contribution in [2.24, 2.45) is 5.73 Å². The summed E-state index contributed by atoms with van der Waals surface area (Å²) in [5.74, 6) is -0.210. The van der Waals surface area contributed by atoms with Gasteiger partial charge in [-0.2, -0.15) is 0 Å². The molecule has 0 saturated carbocycles. The molecular weight excluding hydrogens is 188 g/mol. The van der Waals surface area contributed by atoms with Crippen LogP contribution in [0.2, 0.25) is 0 Å². The number of nitrogens with two attached hydrogens (primary N) is 1. The van der Waals surface area contributed by atoms with Crippen molar-refractivity contribution in [1.29, 1.82) is 0 Å². The average Bonchev–Trinajstić information content (AvgIpc) is 2.24. The number of carbonyl (C=O) groups excluding carboxylic acids is 1. The Morgan fingerprint density at radius 1 is 1.20 bits per heavy atom. The van der Waals surface area contributed by atoms with Crippen LogP contribution in [-0.4, -0.2) is 12.5 Å². The predicted molar refractivity (Wildman–Crippen MR) is 61.2 cm³/mol. The van der Waals surface area contributed by atoms with Gasteiger partial charge in [0.05, 0.1) is 0 Å². The van der Waals surface area contributed by atoms with Crippen LogP contribution >= 0.6 is 0 Å². The first-order valence-corrected chi connectivity index (χ1v) is 5.32. The van der Waals surface area contributed by atoms with Gasteiger partial charge in [0.25, 0.3) is 0 Å². The molecule has 0 aliphatic heterocycles. The highest BCUT2D eigenvalue weighted by Crippen LogP contribution is 1.98. The topological polar surface area (TPSA) is 55.1 Å². The maximum Gasteiger partial charge on any atom is 0.217 e. The second kappa shape index (κ2) is 7.01. The minimum atomic E-state index is -0.210. The SMILES string of the molecule is NC(=O)CCCCNCc1ccccc1. The van der Waals surface area contributed by atoms with E-state index in [0.717, 1.165) is 25.9 Å². The number of nitrogens with one attached hydrogen (secondary N) is 1. The summed E-state index contributed by atoms with van der Waals surface area (Å²) in [7, 11) is 0. The lowest BCUT2D eigenvalue weighted by Crippen LogP contribution is -2.16. The molecule has 3 N–H and O–H groups in total. The number of hydrogen-bond donors (Lipinski definition) is 2. The fourth-order valence-corrected chi connectivity index (χ4v) is 1.38. The standard InChI is InChI=1S/C12H18N2O/c13-12(15)8-4-5-9-14-10-11-6-2-1-3-7-11/h1-3,6-7,14H,4-5,8-10H2,(H2,13,15). The van der Waals surface area contributed by atoms with Crippen LogP contribution in [0.4, 0.5) is 0 Å². The molecule has 3 nitrogen and oxygen atoms in total. The zero-order valence-electron chi connectivity index (χ0n) is 8.91. The van der Waals surface area contributed by atoms with E-state index in [2.05, 4.69) is 17.4 Å². The van der Waals surface area contributed by atoms with E-state index in [1.54, 1.807) is 0 Å². The largest absolute Gasteiger partial charge is 0.370 e. The van der Waals surface area contributed by atoms with Gasteiger partial charge in [0.1, 0.15) is 0 Å². The molecule has 1 aromatic rings. The molecule has 0 spiro atoms. The number of benzene rings is 1. The average molecular weight is 206 g/mol. The van der Waals surface area contributed by atoms with Gasteiger partial charge in [0.2, 0.25) is 5.91 Å². The third-order valence-corrected chi connectivity index (χ3v) is 2.20. The molecule has 3 heteroatoms. The van der Waals surface area contributed by atoms with E-state index in [1.807, 2.05) is 18.2 Å². The van der Waals surface area contributed by atoms with E-state index < -0.39 is 0 Å². The molecule has 0 radical (unpaired) electrons. The summed E-state index contributed by atoms with van der Waals surface area (Å²) >= 11 is 0. The molecule has 0 bridgehead atoms. The van der Waals surface area contributed by atoms with Gasteiger partial charge in [-0.25, -0.2) is 0 Å². The minimum absolute atomic E-state index is 0.210. The van der Waals surface area contributed by atoms with Gasteiger partial charge < -0.3 is 11.1 Å². The molecule has 1 aromatic carbocycles. The van der Waals surface area contributed by atoms with Crippen molar-refractivity contribution in [3.8, 4) is 0 Å². The monoisotopic (exact) mass is 206 g/mol. The molecule has 0 heterocycles. The van der Waals surface area contributed by atoms with Crippen LogP contribution in [0.3, 0.4) is 0 Å². The van der Waals surface area contributed by atoms with Crippen LogP contribution in [0.15, 0.2) is 30.3 Å². The molecule has 0 fully saturated rings. The van der Waals surface area contributed by atoms with Crippen molar-refractivity contribution in [2.45, 2.75) is 25.8 Å². The number of amides is 1. The van der Waals surface area contributed by atoms with Gasteiger partial charge in [-0.15, -0.1) is 0 Å². The highest BCUT2D eigenvalue weighted by atomic mass is 16.1. The molecular formula is C12H18N2O. The molecule has 0 saturated heterocycles. The lowest BCUT2D eigenvalue weighted by atomic mass is 10.2. The Labute approximate surface area is 90.7 Å². The zero-order valence-corrected chi connectivity index (χ0v) is 8.91. The normalized spacial score (nSPS) is 10.1. The summed E-state index contributed by atoms with van der Waals surface area (Å²) in [6, 6.07) is 10.3. The Balaban J connectivity index is 2.00. The number of hydrogen-bond acceptors (Lipinski definition) is 2. The first-order valence-electron chi connectivity index (χ1n) is 5.32. The molecule has 0 aliphatic carbocycles. The molecule has 82 valence electrons. The Morgan fingerprint density at radius 2 is 1.93 bits per heavy atom. The summed E-state index contributed by atoms with van der Waals surface area (Å²) in [5.41, 5.74) is 6.32.